The zero-order valence-corrected chi connectivity index (χ0v) is 10.5. The summed E-state index contributed by atoms with van der Waals surface area (Å²) in [6.45, 7) is 10.1. The molecule has 0 amide bonds. The largest absolute Gasteiger partial charge is 0.348 e. The number of nitrogens with zero attached hydrogens (tertiary/aromatic N) is 4. The normalized spacial score (nSPS) is 55.4. The van der Waals surface area contributed by atoms with Crippen molar-refractivity contribution < 1.29 is 9.47 Å². The van der Waals surface area contributed by atoms with Gasteiger partial charge >= 0.3 is 0 Å². The Hall–Kier alpha value is -0.240. The summed E-state index contributed by atoms with van der Waals surface area (Å²) in [4.78, 5) is 9.91. The third-order valence-corrected chi connectivity index (χ3v) is 4.04. The van der Waals surface area contributed by atoms with Gasteiger partial charge in [0.1, 0.15) is 6.10 Å². The predicted molar refractivity (Wildman–Crippen MR) is 60.4 cm³/mol. The second-order valence-corrected chi connectivity index (χ2v) is 6.01. The van der Waals surface area contributed by atoms with E-state index >= 15 is 0 Å². The zero-order chi connectivity index (χ0) is 11.6. The third-order valence-electron chi connectivity index (χ3n) is 4.04. The van der Waals surface area contributed by atoms with Crippen LogP contribution >= 0.6 is 0 Å². The summed E-state index contributed by atoms with van der Waals surface area (Å²) in [6, 6.07) is 0. The van der Waals surface area contributed by atoms with Gasteiger partial charge in [-0.05, 0) is 13.8 Å². The molecule has 5 fully saturated rings. The van der Waals surface area contributed by atoms with Gasteiger partial charge in [-0.25, -0.2) is 0 Å². The Balaban J connectivity index is 1.55. The maximum atomic E-state index is 6.03. The van der Waals surface area contributed by atoms with Gasteiger partial charge < -0.3 is 9.47 Å². The molecule has 1 unspecified atom stereocenters. The van der Waals surface area contributed by atoms with E-state index in [4.69, 9.17) is 9.47 Å². The van der Waals surface area contributed by atoms with E-state index in [9.17, 15) is 0 Å². The van der Waals surface area contributed by atoms with Crippen LogP contribution < -0.4 is 0 Å². The Labute approximate surface area is 102 Å². The van der Waals surface area contributed by atoms with E-state index in [-0.39, 0.29) is 6.10 Å². The minimum Gasteiger partial charge on any atom is -0.348 e. The van der Waals surface area contributed by atoms with E-state index in [0.29, 0.717) is 12.8 Å². The van der Waals surface area contributed by atoms with E-state index in [2.05, 4.69) is 19.6 Å². The van der Waals surface area contributed by atoms with Gasteiger partial charge in [0.05, 0.1) is 46.1 Å². The molecular weight excluding hydrogens is 220 g/mol. The fourth-order valence-electron chi connectivity index (χ4n) is 3.57. The summed E-state index contributed by atoms with van der Waals surface area (Å²) in [7, 11) is 0. The fraction of sp³-hybridized carbons (Fsp3) is 1.00. The summed E-state index contributed by atoms with van der Waals surface area (Å²) >= 11 is 0. The van der Waals surface area contributed by atoms with Crippen LogP contribution in [-0.4, -0.2) is 77.6 Å². The van der Waals surface area contributed by atoms with Crippen LogP contribution in [0.3, 0.4) is 0 Å². The Morgan fingerprint density at radius 3 is 2.00 bits per heavy atom. The number of ether oxygens (including phenoxy) is 2. The van der Waals surface area contributed by atoms with Crippen LogP contribution in [0, 0.1) is 0 Å². The van der Waals surface area contributed by atoms with Crippen LogP contribution in [0.1, 0.15) is 13.8 Å². The van der Waals surface area contributed by atoms with Crippen LogP contribution in [-0.2, 0) is 9.47 Å². The van der Waals surface area contributed by atoms with Crippen LogP contribution in [0.25, 0.3) is 0 Å². The maximum Gasteiger partial charge on any atom is 0.163 e. The second kappa shape index (κ2) is 3.40. The van der Waals surface area contributed by atoms with Gasteiger partial charge in [-0.2, -0.15) is 0 Å². The van der Waals surface area contributed by atoms with E-state index in [1.54, 1.807) is 0 Å². The van der Waals surface area contributed by atoms with Gasteiger partial charge in [-0.3, -0.25) is 19.6 Å². The molecule has 1 atom stereocenters. The molecule has 17 heavy (non-hydrogen) atoms. The van der Waals surface area contributed by atoms with Crippen LogP contribution in [0.15, 0.2) is 0 Å². The van der Waals surface area contributed by atoms with Crippen molar-refractivity contribution in [1.82, 2.24) is 19.6 Å². The molecule has 5 saturated heterocycles. The number of hydrogen-bond donors (Lipinski definition) is 0. The van der Waals surface area contributed by atoms with Crippen LogP contribution in [0.4, 0.5) is 0 Å². The molecule has 5 aliphatic heterocycles. The molecule has 5 heterocycles. The van der Waals surface area contributed by atoms with Crippen molar-refractivity contribution in [2.24, 2.45) is 0 Å². The second-order valence-electron chi connectivity index (χ2n) is 6.01. The highest BCUT2D eigenvalue weighted by Crippen LogP contribution is 2.33. The van der Waals surface area contributed by atoms with E-state index in [1.807, 2.05) is 13.8 Å². The number of hydrogen-bond acceptors (Lipinski definition) is 6. The molecule has 0 aromatic heterocycles. The average molecular weight is 240 g/mol. The van der Waals surface area contributed by atoms with Crippen molar-refractivity contribution in [3.63, 3.8) is 0 Å². The Kier molecular flexibility index (Phi) is 2.13. The topological polar surface area (TPSA) is 31.4 Å². The molecule has 0 aliphatic carbocycles. The molecule has 5 rings (SSSR count). The molecule has 5 aliphatic rings. The SMILES string of the molecule is CC1(C)OCC(C2N3CN4CN(C3)CN2C4)O1. The lowest BCUT2D eigenvalue weighted by Crippen LogP contribution is -2.77. The average Bonchev–Trinajstić information content (AvgIpc) is 2.57. The highest BCUT2D eigenvalue weighted by molar-refractivity contribution is 4.93. The minimum absolute atomic E-state index is 0.187. The molecule has 0 N–H and O–H groups in total. The van der Waals surface area contributed by atoms with Gasteiger partial charge in [0.2, 0.25) is 0 Å². The lowest BCUT2D eigenvalue weighted by molar-refractivity contribution is -0.258. The molecule has 96 valence electrons. The fourth-order valence-corrected chi connectivity index (χ4v) is 3.57. The molecule has 0 spiro atoms. The molecule has 0 radical (unpaired) electrons. The van der Waals surface area contributed by atoms with Crippen molar-refractivity contribution in [1.29, 1.82) is 0 Å². The van der Waals surface area contributed by atoms with Crippen molar-refractivity contribution in [3.8, 4) is 0 Å². The quantitative estimate of drug-likeness (QED) is 0.614. The maximum absolute atomic E-state index is 6.03. The monoisotopic (exact) mass is 240 g/mol. The molecule has 6 heteroatoms. The van der Waals surface area contributed by atoms with Gasteiger partial charge in [-0.15, -0.1) is 0 Å². The Bertz CT molecular complexity index is 307. The molecule has 0 aromatic carbocycles. The van der Waals surface area contributed by atoms with E-state index in [0.717, 1.165) is 33.3 Å². The lowest BCUT2D eigenvalue weighted by Gasteiger charge is -2.61. The Morgan fingerprint density at radius 2 is 1.53 bits per heavy atom. The molecule has 6 nitrogen and oxygen atoms in total. The van der Waals surface area contributed by atoms with Crippen molar-refractivity contribution in [2.75, 3.05) is 40.0 Å². The van der Waals surface area contributed by atoms with Gasteiger partial charge in [0, 0.05) is 0 Å². The number of rotatable bonds is 1. The molecule has 0 aromatic rings. The van der Waals surface area contributed by atoms with Gasteiger partial charge in [0.25, 0.3) is 0 Å². The van der Waals surface area contributed by atoms with E-state index < -0.39 is 5.79 Å². The highest BCUT2D eigenvalue weighted by Gasteiger charge is 2.50. The first-order valence-electron chi connectivity index (χ1n) is 6.35. The summed E-state index contributed by atoms with van der Waals surface area (Å²) in [5.41, 5.74) is 0. The first-order valence-corrected chi connectivity index (χ1v) is 6.35. The first-order chi connectivity index (χ1) is 8.11. The third kappa shape index (κ3) is 1.63. The standard InChI is InChI=1S/C11H20N4O2/c1-11(2)16-3-9(17-11)10-14-5-12-4-13(7-14)8-15(10)6-12/h9-10H,3-8H2,1-2H3. The van der Waals surface area contributed by atoms with Crippen molar-refractivity contribution in [3.05, 3.63) is 0 Å². The molecule has 0 saturated carbocycles. The summed E-state index contributed by atoms with van der Waals surface area (Å²) in [5, 5.41) is 0. The van der Waals surface area contributed by atoms with E-state index in [1.165, 1.54) is 0 Å². The summed E-state index contributed by atoms with van der Waals surface area (Å²) < 4.78 is 11.7. The molecule has 4 bridgehead atoms. The van der Waals surface area contributed by atoms with Crippen LogP contribution in [0.5, 0.6) is 0 Å². The van der Waals surface area contributed by atoms with Crippen LogP contribution in [0.2, 0.25) is 0 Å². The predicted octanol–water partition coefficient (Wildman–Crippen LogP) is -0.500. The first kappa shape index (κ1) is 10.7. The Morgan fingerprint density at radius 1 is 0.941 bits per heavy atom. The lowest BCUT2D eigenvalue weighted by atomic mass is 10.1. The summed E-state index contributed by atoms with van der Waals surface area (Å²) in [6.07, 6.45) is 0.581. The van der Waals surface area contributed by atoms with Gasteiger partial charge in [-0.1, -0.05) is 0 Å². The van der Waals surface area contributed by atoms with Crippen molar-refractivity contribution >= 4 is 0 Å². The zero-order valence-electron chi connectivity index (χ0n) is 10.5. The smallest absolute Gasteiger partial charge is 0.163 e. The van der Waals surface area contributed by atoms with Gasteiger partial charge in [0.15, 0.2) is 5.79 Å². The molecular formula is C11H20N4O2. The summed E-state index contributed by atoms with van der Waals surface area (Å²) in [5.74, 6) is -0.415. The minimum atomic E-state index is -0.415. The van der Waals surface area contributed by atoms with Crippen molar-refractivity contribution in [2.45, 2.75) is 31.9 Å². The highest BCUT2D eigenvalue weighted by atomic mass is 16.7.